The summed E-state index contributed by atoms with van der Waals surface area (Å²) in [6.45, 7) is 0.184. The molecule has 0 saturated heterocycles. The summed E-state index contributed by atoms with van der Waals surface area (Å²) in [5.41, 5.74) is -5.47. The smallest absolute Gasteiger partial charge is 0.378 e. The van der Waals surface area contributed by atoms with Crippen LogP contribution in [0.15, 0.2) is 52.6 Å². The van der Waals surface area contributed by atoms with E-state index in [1.54, 1.807) is 0 Å². The molecule has 16 heteroatoms. The number of rotatable bonds is 7. The van der Waals surface area contributed by atoms with Crippen LogP contribution >= 0.6 is 22.9 Å². The van der Waals surface area contributed by atoms with Gasteiger partial charge in [0, 0.05) is 30.7 Å². The lowest BCUT2D eigenvalue weighted by Gasteiger charge is -2.21. The number of alkyl halides is 6. The zero-order valence-corrected chi connectivity index (χ0v) is 22.8. The third kappa shape index (κ3) is 5.92. The van der Waals surface area contributed by atoms with Gasteiger partial charge in [0.1, 0.15) is 11.4 Å². The first kappa shape index (κ1) is 28.9. The summed E-state index contributed by atoms with van der Waals surface area (Å²) in [7, 11) is 0. The minimum absolute atomic E-state index is 0.0279. The van der Waals surface area contributed by atoms with Gasteiger partial charge in [0.25, 0.3) is 11.1 Å². The van der Waals surface area contributed by atoms with Crippen LogP contribution in [0.5, 0.6) is 0 Å². The summed E-state index contributed by atoms with van der Waals surface area (Å²) in [6.07, 6.45) is -4.11. The molecular weight excluding hydrogens is 676 g/mol. The lowest BCUT2D eigenvalue weighted by Crippen LogP contribution is -2.31. The Balaban J connectivity index is 1.32. The number of hydrogen-bond acceptors (Lipinski definition) is 6. The molecule has 0 atom stereocenters. The van der Waals surface area contributed by atoms with Crippen LogP contribution in [-0.4, -0.2) is 28.1 Å². The molecule has 5 rings (SSSR count). The first-order chi connectivity index (χ1) is 19.2. The van der Waals surface area contributed by atoms with Crippen LogP contribution in [0.2, 0.25) is 0 Å². The fraction of sp³-hybridized carbons (Fsp3) is 0.320. The fourth-order valence-corrected chi connectivity index (χ4v) is 4.90. The van der Waals surface area contributed by atoms with Gasteiger partial charge in [-0.2, -0.15) is 34.3 Å². The molecule has 41 heavy (non-hydrogen) atoms. The average molecular weight is 694 g/mol. The van der Waals surface area contributed by atoms with Crippen LogP contribution in [0.4, 0.5) is 36.4 Å². The molecule has 1 aliphatic rings. The first-order valence-electron chi connectivity index (χ1n) is 12.0. The average Bonchev–Trinajstić information content (AvgIpc) is 3.66. The zero-order chi connectivity index (χ0) is 29.7. The van der Waals surface area contributed by atoms with E-state index in [9.17, 15) is 40.3 Å². The van der Waals surface area contributed by atoms with Gasteiger partial charge in [-0.25, -0.2) is 14.4 Å². The van der Waals surface area contributed by atoms with Gasteiger partial charge in [-0.05, 0) is 49.3 Å². The van der Waals surface area contributed by atoms with Crippen molar-refractivity contribution in [2.24, 2.45) is 0 Å². The van der Waals surface area contributed by atoms with Crippen molar-refractivity contribution in [1.82, 2.24) is 22.5 Å². The van der Waals surface area contributed by atoms with Crippen LogP contribution in [0.3, 0.4) is 0 Å². The second kappa shape index (κ2) is 10.4. The molecule has 0 unspecified atom stereocenters. The Hall–Kier alpha value is -3.57. The van der Waals surface area contributed by atoms with Gasteiger partial charge in [0.15, 0.2) is 5.82 Å². The van der Waals surface area contributed by atoms with Crippen LogP contribution in [0.25, 0.3) is 22.2 Å². The van der Waals surface area contributed by atoms with Crippen molar-refractivity contribution in [3.8, 4) is 11.4 Å². The number of nitrogens with zero attached hydrogens (tertiary/aromatic N) is 5. The molecule has 0 spiro atoms. The van der Waals surface area contributed by atoms with E-state index in [-0.39, 0.29) is 23.3 Å². The van der Waals surface area contributed by atoms with E-state index in [1.165, 1.54) is 45.8 Å². The number of nitrogens with one attached hydrogen (secondary N) is 1. The molecule has 0 aliphatic heterocycles. The van der Waals surface area contributed by atoms with Crippen LogP contribution < -0.4 is 16.4 Å². The Morgan fingerprint density at radius 1 is 0.976 bits per heavy atom. The monoisotopic (exact) mass is 694 g/mol. The minimum Gasteiger partial charge on any atom is -0.378 e. The number of benzene rings is 1. The Bertz CT molecular complexity index is 1750. The van der Waals surface area contributed by atoms with E-state index in [2.05, 4.69) is 20.4 Å². The predicted octanol–water partition coefficient (Wildman–Crippen LogP) is 5.81. The van der Waals surface area contributed by atoms with Crippen LogP contribution in [-0.2, 0) is 18.9 Å². The van der Waals surface area contributed by atoms with Crippen molar-refractivity contribution in [1.29, 1.82) is 0 Å². The van der Waals surface area contributed by atoms with Gasteiger partial charge in [0.05, 0.1) is 51.3 Å². The van der Waals surface area contributed by atoms with Gasteiger partial charge in [-0.3, -0.25) is 9.59 Å². The van der Waals surface area contributed by atoms with E-state index in [4.69, 9.17) is 0 Å². The highest BCUT2D eigenvalue weighted by atomic mass is 127. The minimum atomic E-state index is -4.88. The molecular formula is C25H18F7IN6O2. The molecule has 4 aromatic rings. The predicted molar refractivity (Wildman–Crippen MR) is 142 cm³/mol. The number of halogens is 8. The highest BCUT2D eigenvalue weighted by Crippen LogP contribution is 2.44. The number of hydrogen-bond donors (Lipinski definition) is 1. The van der Waals surface area contributed by atoms with Gasteiger partial charge in [-0.15, -0.1) is 0 Å². The Labute approximate surface area is 239 Å². The SMILES string of the molecule is O=c1c2cc(F)c(-c3ncc(C(F)(F)F)cn3)cc2ccn1CCCC1(Nc2cnn(I)c(=O)c2C(F)(F)F)CC1. The molecule has 3 heterocycles. The second-order valence-corrected chi connectivity index (χ2v) is 10.5. The Morgan fingerprint density at radius 2 is 1.66 bits per heavy atom. The number of aryl methyl sites for hydroxylation is 1. The molecule has 1 N–H and O–H groups in total. The summed E-state index contributed by atoms with van der Waals surface area (Å²) < 4.78 is 95.8. The summed E-state index contributed by atoms with van der Waals surface area (Å²) in [5.74, 6) is -1.17. The summed E-state index contributed by atoms with van der Waals surface area (Å²) in [6, 6.07) is 3.78. The van der Waals surface area contributed by atoms with Crippen molar-refractivity contribution in [3.63, 3.8) is 0 Å². The van der Waals surface area contributed by atoms with Crippen LogP contribution in [0.1, 0.15) is 36.8 Å². The molecule has 0 amide bonds. The first-order valence-corrected chi connectivity index (χ1v) is 13.0. The maximum absolute atomic E-state index is 14.9. The molecule has 1 fully saturated rings. The molecule has 8 nitrogen and oxygen atoms in total. The van der Waals surface area contributed by atoms with Crippen molar-refractivity contribution in [2.75, 3.05) is 5.32 Å². The van der Waals surface area contributed by atoms with Gasteiger partial charge in [0.2, 0.25) is 0 Å². The van der Waals surface area contributed by atoms with Gasteiger partial charge >= 0.3 is 12.4 Å². The summed E-state index contributed by atoms with van der Waals surface area (Å²) >= 11 is 1.37. The molecule has 0 bridgehead atoms. The van der Waals surface area contributed by atoms with Crippen molar-refractivity contribution >= 4 is 39.3 Å². The number of fused-ring (bicyclic) bond motifs is 1. The topological polar surface area (TPSA) is 94.7 Å². The van der Waals surface area contributed by atoms with Gasteiger partial charge in [-0.1, -0.05) is 0 Å². The quantitative estimate of drug-likeness (QED) is 0.194. The third-order valence-electron chi connectivity index (χ3n) is 6.81. The van der Waals surface area contributed by atoms with E-state index in [0.717, 1.165) is 12.3 Å². The fourth-order valence-electron chi connectivity index (χ4n) is 4.53. The van der Waals surface area contributed by atoms with Gasteiger partial charge < -0.3 is 9.88 Å². The maximum atomic E-state index is 14.9. The second-order valence-electron chi connectivity index (χ2n) is 9.63. The Morgan fingerprint density at radius 3 is 2.27 bits per heavy atom. The lowest BCUT2D eigenvalue weighted by molar-refractivity contribution is -0.139. The highest BCUT2D eigenvalue weighted by molar-refractivity contribution is 14.1. The van der Waals surface area contributed by atoms with Crippen LogP contribution in [0, 0.1) is 5.82 Å². The Kier molecular flexibility index (Phi) is 7.31. The van der Waals surface area contributed by atoms with Crippen molar-refractivity contribution in [2.45, 2.75) is 50.1 Å². The molecule has 1 aliphatic carbocycles. The zero-order valence-electron chi connectivity index (χ0n) is 20.7. The van der Waals surface area contributed by atoms with E-state index in [0.29, 0.717) is 46.4 Å². The summed E-state index contributed by atoms with van der Waals surface area (Å²) in [4.78, 5) is 32.3. The van der Waals surface area contributed by atoms with Crippen molar-refractivity contribution < 1.29 is 30.7 Å². The molecule has 1 saturated carbocycles. The standard InChI is InChI=1S/C25H18F7IN6O2/c26-17-9-15-13(8-16(17)20-34-10-14(11-35-20)24(27,28)29)2-7-38(21(15)40)6-1-3-23(4-5-23)37-18-12-36-39(33)22(41)19(18)25(30,31)32/h2,7-12,37H,1,3-6H2. The van der Waals surface area contributed by atoms with E-state index < -0.39 is 51.6 Å². The third-order valence-corrected chi connectivity index (χ3v) is 7.50. The number of aromatic nitrogens is 5. The number of anilines is 1. The molecule has 216 valence electrons. The largest absolute Gasteiger partial charge is 0.423 e. The lowest BCUT2D eigenvalue weighted by atomic mass is 10.1. The number of pyridine rings is 1. The molecule has 3 aromatic heterocycles. The highest BCUT2D eigenvalue weighted by Gasteiger charge is 2.45. The van der Waals surface area contributed by atoms with E-state index in [1.807, 2.05) is 0 Å². The van der Waals surface area contributed by atoms with Crippen molar-refractivity contribution in [3.05, 3.63) is 80.6 Å². The summed E-state index contributed by atoms with van der Waals surface area (Å²) in [5, 5.41) is 6.86. The normalized spacial score (nSPS) is 14.8. The van der Waals surface area contributed by atoms with E-state index >= 15 is 0 Å². The maximum Gasteiger partial charge on any atom is 0.423 e. The molecule has 1 aromatic carbocycles. The molecule has 0 radical (unpaired) electrons.